The van der Waals surface area contributed by atoms with E-state index in [2.05, 4.69) is 5.32 Å². The van der Waals surface area contributed by atoms with E-state index >= 15 is 0 Å². The molecule has 0 bridgehead atoms. The highest BCUT2D eigenvalue weighted by Gasteiger charge is 2.23. The molecular weight excluding hydrogens is 246 g/mol. The van der Waals surface area contributed by atoms with Crippen molar-refractivity contribution < 1.29 is 9.72 Å². The van der Waals surface area contributed by atoms with Gasteiger partial charge in [0.05, 0.1) is 4.92 Å². The lowest BCUT2D eigenvalue weighted by molar-refractivity contribution is -0.384. The lowest BCUT2D eigenvalue weighted by atomic mass is 9.88. The smallest absolute Gasteiger partial charge is 0.293 e. The Hall–Kier alpha value is -2.11. The van der Waals surface area contributed by atoms with E-state index in [4.69, 9.17) is 5.73 Å². The van der Waals surface area contributed by atoms with E-state index in [0.717, 1.165) is 0 Å². The monoisotopic (exact) mass is 265 g/mol. The van der Waals surface area contributed by atoms with Crippen molar-refractivity contribution in [3.8, 4) is 0 Å². The predicted octanol–water partition coefficient (Wildman–Crippen LogP) is 2.54. The molecule has 0 saturated carbocycles. The maximum absolute atomic E-state index is 11.0. The topological polar surface area (TPSA) is 98.3 Å². The van der Waals surface area contributed by atoms with Crippen molar-refractivity contribution in [3.63, 3.8) is 0 Å². The fourth-order valence-electron chi connectivity index (χ4n) is 1.41. The molecule has 1 unspecified atom stereocenters. The van der Waals surface area contributed by atoms with Crippen LogP contribution in [0.25, 0.3) is 0 Å². The zero-order valence-corrected chi connectivity index (χ0v) is 11.6. The second-order valence-electron chi connectivity index (χ2n) is 5.59. The average Bonchev–Trinajstić information content (AvgIpc) is 2.27. The van der Waals surface area contributed by atoms with E-state index in [1.54, 1.807) is 0 Å². The Morgan fingerprint density at radius 1 is 1.42 bits per heavy atom. The standard InChI is InChI=1S/C13H19N3O3/c1-8(13(2,3)4)15-10-6-5-9(12(14)17)7-11(10)16(18)19/h5-8,15H,1-4H3,(H2,14,17). The molecule has 6 heteroatoms. The average molecular weight is 265 g/mol. The first-order valence-corrected chi connectivity index (χ1v) is 5.97. The van der Waals surface area contributed by atoms with Gasteiger partial charge in [0.1, 0.15) is 5.69 Å². The first-order chi connectivity index (χ1) is 8.62. The van der Waals surface area contributed by atoms with Gasteiger partial charge in [0.25, 0.3) is 5.69 Å². The van der Waals surface area contributed by atoms with Crippen LogP contribution in [0.5, 0.6) is 0 Å². The van der Waals surface area contributed by atoms with Gasteiger partial charge in [0, 0.05) is 17.7 Å². The molecule has 0 fully saturated rings. The number of nitrogens with two attached hydrogens (primary N) is 1. The number of carbonyl (C=O) groups excluding carboxylic acids is 1. The van der Waals surface area contributed by atoms with Gasteiger partial charge in [0.15, 0.2) is 0 Å². The fraction of sp³-hybridized carbons (Fsp3) is 0.462. The van der Waals surface area contributed by atoms with Gasteiger partial charge in [0.2, 0.25) is 5.91 Å². The summed E-state index contributed by atoms with van der Waals surface area (Å²) in [7, 11) is 0. The van der Waals surface area contributed by atoms with Crippen molar-refractivity contribution in [1.29, 1.82) is 0 Å². The number of nitro benzene ring substituents is 1. The van der Waals surface area contributed by atoms with Crippen molar-refractivity contribution in [2.45, 2.75) is 33.7 Å². The van der Waals surface area contributed by atoms with Crippen molar-refractivity contribution in [2.24, 2.45) is 11.1 Å². The van der Waals surface area contributed by atoms with Gasteiger partial charge in [-0.25, -0.2) is 0 Å². The van der Waals surface area contributed by atoms with Gasteiger partial charge in [-0.2, -0.15) is 0 Å². The van der Waals surface area contributed by atoms with Crippen molar-refractivity contribution in [3.05, 3.63) is 33.9 Å². The summed E-state index contributed by atoms with van der Waals surface area (Å²) in [5, 5.41) is 14.1. The summed E-state index contributed by atoms with van der Waals surface area (Å²) in [6, 6.07) is 4.22. The molecule has 3 N–H and O–H groups in total. The van der Waals surface area contributed by atoms with E-state index in [0.29, 0.717) is 5.69 Å². The molecule has 1 aromatic rings. The summed E-state index contributed by atoms with van der Waals surface area (Å²) in [5.41, 5.74) is 5.44. The van der Waals surface area contributed by atoms with Gasteiger partial charge in [-0.3, -0.25) is 14.9 Å². The summed E-state index contributed by atoms with van der Waals surface area (Å²) in [6.07, 6.45) is 0. The second kappa shape index (κ2) is 5.26. The fourth-order valence-corrected chi connectivity index (χ4v) is 1.41. The van der Waals surface area contributed by atoms with Gasteiger partial charge < -0.3 is 11.1 Å². The third-order valence-corrected chi connectivity index (χ3v) is 3.15. The molecule has 1 aromatic carbocycles. The van der Waals surface area contributed by atoms with Crippen molar-refractivity contribution >= 4 is 17.3 Å². The van der Waals surface area contributed by atoms with Crippen LogP contribution in [-0.2, 0) is 0 Å². The maximum atomic E-state index is 11.0. The number of anilines is 1. The molecule has 19 heavy (non-hydrogen) atoms. The molecule has 0 aliphatic rings. The third kappa shape index (κ3) is 3.67. The molecule has 1 atom stereocenters. The number of nitro groups is 1. The molecule has 0 spiro atoms. The Kier molecular flexibility index (Phi) is 4.14. The van der Waals surface area contributed by atoms with Crippen molar-refractivity contribution in [2.75, 3.05) is 5.32 Å². The Balaban J connectivity index is 3.14. The quantitative estimate of drug-likeness (QED) is 0.645. The molecule has 1 rings (SSSR count). The van der Waals surface area contributed by atoms with E-state index in [9.17, 15) is 14.9 Å². The number of amides is 1. The number of hydrogen-bond acceptors (Lipinski definition) is 4. The Labute approximate surface area is 112 Å². The van der Waals surface area contributed by atoms with Crippen molar-refractivity contribution in [1.82, 2.24) is 0 Å². The van der Waals surface area contributed by atoms with Crippen LogP contribution in [-0.4, -0.2) is 16.9 Å². The molecular formula is C13H19N3O3. The number of hydrogen-bond donors (Lipinski definition) is 2. The summed E-state index contributed by atoms with van der Waals surface area (Å²) < 4.78 is 0. The molecule has 0 aliphatic carbocycles. The molecule has 6 nitrogen and oxygen atoms in total. The lowest BCUT2D eigenvalue weighted by Crippen LogP contribution is -2.31. The lowest BCUT2D eigenvalue weighted by Gasteiger charge is -2.28. The molecule has 0 heterocycles. The van der Waals surface area contributed by atoms with E-state index < -0.39 is 10.8 Å². The highest BCUT2D eigenvalue weighted by Crippen LogP contribution is 2.29. The summed E-state index contributed by atoms with van der Waals surface area (Å²) >= 11 is 0. The third-order valence-electron chi connectivity index (χ3n) is 3.15. The normalized spacial score (nSPS) is 12.8. The summed E-state index contributed by atoms with van der Waals surface area (Å²) in [5.74, 6) is -0.682. The first-order valence-electron chi connectivity index (χ1n) is 5.97. The van der Waals surface area contributed by atoms with Crippen LogP contribution in [0.15, 0.2) is 18.2 Å². The molecule has 104 valence electrons. The minimum absolute atomic E-state index is 0.0330. The molecule has 0 aromatic heterocycles. The number of primary amides is 1. The summed E-state index contributed by atoms with van der Waals surface area (Å²) in [4.78, 5) is 21.6. The Morgan fingerprint density at radius 3 is 2.42 bits per heavy atom. The van der Waals surface area contributed by atoms with Gasteiger partial charge >= 0.3 is 0 Å². The largest absolute Gasteiger partial charge is 0.377 e. The number of rotatable bonds is 4. The van der Waals surface area contributed by atoms with Gasteiger partial charge in [-0.05, 0) is 24.5 Å². The van der Waals surface area contributed by atoms with Crippen LogP contribution in [0, 0.1) is 15.5 Å². The molecule has 0 aliphatic heterocycles. The van der Waals surface area contributed by atoms with Crippen LogP contribution in [0.1, 0.15) is 38.1 Å². The van der Waals surface area contributed by atoms with Crippen LogP contribution >= 0.6 is 0 Å². The minimum Gasteiger partial charge on any atom is -0.377 e. The second-order valence-corrected chi connectivity index (χ2v) is 5.59. The number of nitrogens with zero attached hydrogens (tertiary/aromatic N) is 1. The number of benzene rings is 1. The first kappa shape index (κ1) is 14.9. The zero-order chi connectivity index (χ0) is 14.8. The van der Waals surface area contributed by atoms with E-state index in [-0.39, 0.29) is 22.7 Å². The predicted molar refractivity (Wildman–Crippen MR) is 74.2 cm³/mol. The van der Waals surface area contributed by atoms with Crippen LogP contribution in [0.2, 0.25) is 0 Å². The zero-order valence-electron chi connectivity index (χ0n) is 11.6. The van der Waals surface area contributed by atoms with Crippen LogP contribution in [0.4, 0.5) is 11.4 Å². The van der Waals surface area contributed by atoms with Crippen LogP contribution < -0.4 is 11.1 Å². The molecule has 1 amide bonds. The van der Waals surface area contributed by atoms with Gasteiger partial charge in [-0.1, -0.05) is 20.8 Å². The summed E-state index contributed by atoms with van der Waals surface area (Å²) in [6.45, 7) is 8.06. The Bertz CT molecular complexity index is 506. The SMILES string of the molecule is CC(Nc1ccc(C(N)=O)cc1[N+](=O)[O-])C(C)(C)C. The highest BCUT2D eigenvalue weighted by atomic mass is 16.6. The maximum Gasteiger partial charge on any atom is 0.293 e. The van der Waals surface area contributed by atoms with E-state index in [1.165, 1.54) is 18.2 Å². The Morgan fingerprint density at radius 2 is 2.00 bits per heavy atom. The molecule has 0 saturated heterocycles. The van der Waals surface area contributed by atoms with Gasteiger partial charge in [-0.15, -0.1) is 0 Å². The molecule has 0 radical (unpaired) electrons. The van der Waals surface area contributed by atoms with Crippen LogP contribution in [0.3, 0.4) is 0 Å². The number of nitrogens with one attached hydrogen (secondary N) is 1. The highest BCUT2D eigenvalue weighted by molar-refractivity contribution is 5.94. The number of carbonyl (C=O) groups is 1. The van der Waals surface area contributed by atoms with E-state index in [1.807, 2.05) is 27.7 Å². The minimum atomic E-state index is -0.682.